The van der Waals surface area contributed by atoms with Crippen molar-refractivity contribution in [3.63, 3.8) is 0 Å². The van der Waals surface area contributed by atoms with Crippen LogP contribution in [-0.4, -0.2) is 24.0 Å². The highest BCUT2D eigenvalue weighted by molar-refractivity contribution is 7.10. The van der Waals surface area contributed by atoms with E-state index in [1.54, 1.807) is 18.2 Å². The summed E-state index contributed by atoms with van der Waals surface area (Å²) in [6.07, 6.45) is -0.435. The predicted octanol–water partition coefficient (Wildman–Crippen LogP) is 2.99. The average Bonchev–Trinajstić information content (AvgIpc) is 3.20. The van der Waals surface area contributed by atoms with E-state index in [1.807, 2.05) is 18.4 Å². The Balaban J connectivity index is 1.87. The molecule has 0 spiro atoms. The molecule has 1 atom stereocenters. The van der Waals surface area contributed by atoms with E-state index >= 15 is 0 Å². The Bertz CT molecular complexity index is 729. The molecule has 0 N–H and O–H groups in total. The maximum absolute atomic E-state index is 12.6. The van der Waals surface area contributed by atoms with Gasteiger partial charge in [0.1, 0.15) is 5.01 Å². The molecule has 1 aromatic heterocycles. The molecule has 0 aliphatic carbocycles. The molecule has 1 aliphatic heterocycles. The van der Waals surface area contributed by atoms with Crippen LogP contribution in [0.4, 0.5) is 0 Å². The summed E-state index contributed by atoms with van der Waals surface area (Å²) in [6, 6.07) is 9.10. The molecule has 3 rings (SSSR count). The molecule has 22 heavy (non-hydrogen) atoms. The van der Waals surface area contributed by atoms with Crippen LogP contribution in [0.2, 0.25) is 0 Å². The normalized spacial score (nSPS) is 16.4. The highest BCUT2D eigenvalue weighted by Crippen LogP contribution is 2.27. The number of aryl methyl sites for hydroxylation is 1. The second-order valence-electron chi connectivity index (χ2n) is 4.95. The largest absolute Gasteiger partial charge is 0.346 e. The molecule has 0 unspecified atom stereocenters. The Morgan fingerprint density at radius 3 is 2.86 bits per heavy atom. The van der Waals surface area contributed by atoms with Gasteiger partial charge in [-0.2, -0.15) is 5.26 Å². The topological polar surface area (TPSA) is 72.2 Å². The van der Waals surface area contributed by atoms with E-state index in [1.165, 1.54) is 11.3 Å². The number of ketones is 1. The lowest BCUT2D eigenvalue weighted by Crippen LogP contribution is -2.12. The molecular formula is C16H14N2O3S. The second kappa shape index (κ2) is 6.36. The summed E-state index contributed by atoms with van der Waals surface area (Å²) in [6.45, 7) is 2.93. The quantitative estimate of drug-likeness (QED) is 0.811. The van der Waals surface area contributed by atoms with E-state index in [0.717, 1.165) is 11.3 Å². The van der Waals surface area contributed by atoms with Crippen LogP contribution in [0.5, 0.6) is 0 Å². The minimum absolute atomic E-state index is 0.253. The zero-order chi connectivity index (χ0) is 15.5. The van der Waals surface area contributed by atoms with Crippen LogP contribution in [-0.2, 0) is 9.47 Å². The Kier molecular flexibility index (Phi) is 4.29. The molecule has 2 aromatic rings. The van der Waals surface area contributed by atoms with Gasteiger partial charge in [-0.3, -0.25) is 4.79 Å². The lowest BCUT2D eigenvalue weighted by atomic mass is 9.97. The fourth-order valence-electron chi connectivity index (χ4n) is 2.29. The summed E-state index contributed by atoms with van der Waals surface area (Å²) in [7, 11) is 0. The third-order valence-electron chi connectivity index (χ3n) is 3.34. The van der Waals surface area contributed by atoms with Crippen LogP contribution >= 0.6 is 11.3 Å². The van der Waals surface area contributed by atoms with Gasteiger partial charge in [-0.05, 0) is 13.0 Å². The molecular weight excluding hydrogens is 300 g/mol. The van der Waals surface area contributed by atoms with E-state index in [9.17, 15) is 10.1 Å². The number of carbonyl (C=O) groups is 1. The Morgan fingerprint density at radius 1 is 1.45 bits per heavy atom. The SMILES string of the molecule is Cc1csc([C@@H](C#N)C(=O)c2cccc(C3OCCO3)c2)n1. The number of aromatic nitrogens is 1. The molecule has 0 radical (unpaired) electrons. The zero-order valence-corrected chi connectivity index (χ0v) is 12.8. The van der Waals surface area contributed by atoms with Crippen LogP contribution < -0.4 is 0 Å². The van der Waals surface area contributed by atoms with Gasteiger partial charge in [0.15, 0.2) is 18.0 Å². The number of rotatable bonds is 4. The van der Waals surface area contributed by atoms with Crippen LogP contribution in [0.15, 0.2) is 29.6 Å². The molecule has 1 aromatic carbocycles. The van der Waals surface area contributed by atoms with E-state index < -0.39 is 12.2 Å². The average molecular weight is 314 g/mol. The minimum atomic E-state index is -0.876. The summed E-state index contributed by atoms with van der Waals surface area (Å²) in [5.74, 6) is -1.13. The lowest BCUT2D eigenvalue weighted by molar-refractivity contribution is -0.0441. The first-order valence-corrected chi connectivity index (χ1v) is 7.76. The van der Waals surface area contributed by atoms with E-state index in [4.69, 9.17) is 9.47 Å². The van der Waals surface area contributed by atoms with Crippen LogP contribution in [0.3, 0.4) is 0 Å². The molecule has 6 heteroatoms. The first-order valence-electron chi connectivity index (χ1n) is 6.88. The third kappa shape index (κ3) is 2.92. The van der Waals surface area contributed by atoms with Crippen molar-refractivity contribution >= 4 is 17.1 Å². The van der Waals surface area contributed by atoms with Gasteiger partial charge in [0, 0.05) is 22.2 Å². The maximum atomic E-state index is 12.6. The van der Waals surface area contributed by atoms with Crippen molar-refractivity contribution in [2.75, 3.05) is 13.2 Å². The van der Waals surface area contributed by atoms with Crippen molar-refractivity contribution in [3.05, 3.63) is 51.5 Å². The van der Waals surface area contributed by atoms with Crippen molar-refractivity contribution in [1.29, 1.82) is 5.26 Å². The van der Waals surface area contributed by atoms with Gasteiger partial charge in [-0.15, -0.1) is 11.3 Å². The van der Waals surface area contributed by atoms with Gasteiger partial charge in [0.2, 0.25) is 0 Å². The molecule has 0 amide bonds. The van der Waals surface area contributed by atoms with Gasteiger partial charge >= 0.3 is 0 Å². The number of carbonyl (C=O) groups excluding carboxylic acids is 1. The third-order valence-corrected chi connectivity index (χ3v) is 4.37. The molecule has 112 valence electrons. The molecule has 0 bridgehead atoms. The molecule has 2 heterocycles. The van der Waals surface area contributed by atoms with Crippen molar-refractivity contribution in [1.82, 2.24) is 4.98 Å². The van der Waals surface area contributed by atoms with Crippen LogP contribution in [0.1, 0.15) is 38.8 Å². The number of ether oxygens (including phenoxy) is 2. The monoisotopic (exact) mass is 314 g/mol. The summed E-state index contributed by atoms with van der Waals surface area (Å²) in [5.41, 5.74) is 2.07. The van der Waals surface area contributed by atoms with Gasteiger partial charge in [0.25, 0.3) is 0 Å². The standard InChI is InChI=1S/C16H14N2O3S/c1-10-9-22-15(18-10)13(8-17)14(19)11-3-2-4-12(7-11)16-20-5-6-21-16/h2-4,7,9,13,16H,5-6H2,1H3/t13-/m0/s1. The van der Waals surface area contributed by atoms with E-state index in [0.29, 0.717) is 23.8 Å². The highest BCUT2D eigenvalue weighted by atomic mass is 32.1. The molecule has 1 aliphatic rings. The van der Waals surface area contributed by atoms with Gasteiger partial charge in [-0.25, -0.2) is 4.98 Å². The van der Waals surface area contributed by atoms with Crippen LogP contribution in [0, 0.1) is 18.3 Å². The molecule has 1 saturated heterocycles. The van der Waals surface area contributed by atoms with Crippen molar-refractivity contribution in [2.24, 2.45) is 0 Å². The van der Waals surface area contributed by atoms with Crippen molar-refractivity contribution < 1.29 is 14.3 Å². The molecule has 1 fully saturated rings. The Labute approximate surface area is 132 Å². The fourth-order valence-corrected chi connectivity index (χ4v) is 3.12. The summed E-state index contributed by atoms with van der Waals surface area (Å²) in [5, 5.41) is 11.7. The highest BCUT2D eigenvalue weighted by Gasteiger charge is 2.26. The maximum Gasteiger partial charge on any atom is 0.186 e. The van der Waals surface area contributed by atoms with Gasteiger partial charge in [-0.1, -0.05) is 18.2 Å². The van der Waals surface area contributed by atoms with Crippen molar-refractivity contribution in [3.8, 4) is 6.07 Å². The first-order chi connectivity index (χ1) is 10.7. The number of hydrogen-bond donors (Lipinski definition) is 0. The zero-order valence-electron chi connectivity index (χ0n) is 12.0. The van der Waals surface area contributed by atoms with Gasteiger partial charge < -0.3 is 9.47 Å². The van der Waals surface area contributed by atoms with Gasteiger partial charge in [0.05, 0.1) is 19.3 Å². The second-order valence-corrected chi connectivity index (χ2v) is 5.84. The number of benzene rings is 1. The van der Waals surface area contributed by atoms with E-state index in [2.05, 4.69) is 11.1 Å². The smallest absolute Gasteiger partial charge is 0.186 e. The summed E-state index contributed by atoms with van der Waals surface area (Å²) < 4.78 is 10.9. The van der Waals surface area contributed by atoms with Crippen molar-refractivity contribution in [2.45, 2.75) is 19.1 Å². The predicted molar refractivity (Wildman–Crippen MR) is 80.6 cm³/mol. The first kappa shape index (κ1) is 14.9. The van der Waals surface area contributed by atoms with E-state index in [-0.39, 0.29) is 5.78 Å². The number of Topliss-reactive ketones (excluding diaryl/α,β-unsaturated/α-hetero) is 1. The number of hydrogen-bond acceptors (Lipinski definition) is 6. The number of thiazole rings is 1. The Morgan fingerprint density at radius 2 is 2.23 bits per heavy atom. The minimum Gasteiger partial charge on any atom is -0.346 e. The summed E-state index contributed by atoms with van der Waals surface area (Å²) in [4.78, 5) is 16.9. The number of nitrogens with zero attached hydrogens (tertiary/aromatic N) is 2. The summed E-state index contributed by atoms with van der Waals surface area (Å²) >= 11 is 1.33. The fraction of sp³-hybridized carbons (Fsp3) is 0.312. The number of nitriles is 1. The molecule has 0 saturated carbocycles. The molecule has 5 nitrogen and oxygen atoms in total. The lowest BCUT2D eigenvalue weighted by Gasteiger charge is -2.11. The Hall–Kier alpha value is -2.07. The van der Waals surface area contributed by atoms with Crippen LogP contribution in [0.25, 0.3) is 0 Å².